The number of halogens is 1. The van der Waals surface area contributed by atoms with Crippen LogP contribution < -0.4 is 19.6 Å². The number of hydrazone groups is 1. The SMILES string of the molecule is O=C(NN=Cc1ccc2c(c1)OCO2)c1ccccc1OCc1ccc(Br)cc1. The van der Waals surface area contributed by atoms with Crippen molar-refractivity contribution in [2.75, 3.05) is 6.79 Å². The van der Waals surface area contributed by atoms with Crippen LogP contribution in [0.3, 0.4) is 0 Å². The Hall–Kier alpha value is -3.32. The van der Waals surface area contributed by atoms with Crippen LogP contribution in [0.5, 0.6) is 17.2 Å². The van der Waals surface area contributed by atoms with E-state index < -0.39 is 0 Å². The number of para-hydroxylation sites is 1. The summed E-state index contributed by atoms with van der Waals surface area (Å²) >= 11 is 3.41. The van der Waals surface area contributed by atoms with Crippen LogP contribution in [0.25, 0.3) is 0 Å². The summed E-state index contributed by atoms with van der Waals surface area (Å²) in [6.07, 6.45) is 1.55. The maximum atomic E-state index is 12.5. The summed E-state index contributed by atoms with van der Waals surface area (Å²) in [5, 5.41) is 4.03. The molecule has 1 aliphatic heterocycles. The van der Waals surface area contributed by atoms with Crippen LogP contribution in [0.1, 0.15) is 21.5 Å². The molecule has 6 nitrogen and oxygen atoms in total. The molecule has 7 heteroatoms. The summed E-state index contributed by atoms with van der Waals surface area (Å²) in [7, 11) is 0. The zero-order valence-electron chi connectivity index (χ0n) is 15.3. The predicted octanol–water partition coefficient (Wildman–Crippen LogP) is 4.52. The number of carbonyl (C=O) groups excluding carboxylic acids is 1. The molecule has 0 bridgehead atoms. The highest BCUT2D eigenvalue weighted by molar-refractivity contribution is 9.10. The van der Waals surface area contributed by atoms with E-state index >= 15 is 0 Å². The first-order chi connectivity index (χ1) is 14.2. The van der Waals surface area contributed by atoms with Crippen molar-refractivity contribution in [2.24, 2.45) is 5.10 Å². The van der Waals surface area contributed by atoms with Gasteiger partial charge < -0.3 is 14.2 Å². The van der Waals surface area contributed by atoms with Crippen molar-refractivity contribution in [1.82, 2.24) is 5.43 Å². The van der Waals surface area contributed by atoms with Crippen molar-refractivity contribution in [2.45, 2.75) is 6.61 Å². The third-order valence-corrected chi connectivity index (χ3v) is 4.74. The summed E-state index contributed by atoms with van der Waals surface area (Å²) in [4.78, 5) is 12.5. The van der Waals surface area contributed by atoms with E-state index in [-0.39, 0.29) is 12.7 Å². The Labute approximate surface area is 176 Å². The van der Waals surface area contributed by atoms with Gasteiger partial charge in [0.15, 0.2) is 11.5 Å². The Morgan fingerprint density at radius 2 is 1.86 bits per heavy atom. The average Bonchev–Trinajstić information content (AvgIpc) is 3.21. The predicted molar refractivity (Wildman–Crippen MR) is 113 cm³/mol. The summed E-state index contributed by atoms with van der Waals surface area (Å²) < 4.78 is 17.4. The normalized spacial score (nSPS) is 12.2. The fraction of sp³-hybridized carbons (Fsp3) is 0.0909. The van der Waals surface area contributed by atoms with Crippen LogP contribution in [0.4, 0.5) is 0 Å². The molecule has 1 aliphatic rings. The first-order valence-electron chi connectivity index (χ1n) is 8.88. The molecule has 1 N–H and O–H groups in total. The zero-order valence-corrected chi connectivity index (χ0v) is 16.9. The minimum absolute atomic E-state index is 0.212. The molecule has 0 atom stereocenters. The fourth-order valence-corrected chi connectivity index (χ4v) is 3.01. The van der Waals surface area contributed by atoms with Gasteiger partial charge in [0.1, 0.15) is 12.4 Å². The molecule has 0 unspecified atom stereocenters. The molecular weight excluding hydrogens is 436 g/mol. The highest BCUT2D eigenvalue weighted by atomic mass is 79.9. The zero-order chi connectivity index (χ0) is 20.1. The number of rotatable bonds is 6. The summed E-state index contributed by atoms with van der Waals surface area (Å²) in [5.74, 6) is 1.49. The molecule has 0 aromatic heterocycles. The van der Waals surface area contributed by atoms with Gasteiger partial charge in [-0.15, -0.1) is 0 Å². The number of amides is 1. The van der Waals surface area contributed by atoms with E-state index in [0.717, 1.165) is 15.6 Å². The highest BCUT2D eigenvalue weighted by Gasteiger charge is 2.13. The van der Waals surface area contributed by atoms with E-state index in [1.54, 1.807) is 36.5 Å². The molecule has 146 valence electrons. The van der Waals surface area contributed by atoms with Gasteiger partial charge in [0.05, 0.1) is 11.8 Å². The second-order valence-corrected chi connectivity index (χ2v) is 7.14. The van der Waals surface area contributed by atoms with E-state index in [4.69, 9.17) is 14.2 Å². The standard InChI is InChI=1S/C22H17BrN2O4/c23-17-8-5-15(6-9-17)13-27-19-4-2-1-3-18(19)22(26)25-24-12-16-7-10-20-21(11-16)29-14-28-20/h1-12H,13-14H2,(H,25,26). The molecular formula is C22H17BrN2O4. The minimum atomic E-state index is -0.353. The van der Waals surface area contributed by atoms with Crippen molar-refractivity contribution in [3.05, 3.63) is 87.9 Å². The van der Waals surface area contributed by atoms with Gasteiger partial charge in [-0.25, -0.2) is 5.43 Å². The fourth-order valence-electron chi connectivity index (χ4n) is 2.74. The number of fused-ring (bicyclic) bond motifs is 1. The van der Waals surface area contributed by atoms with Crippen molar-refractivity contribution < 1.29 is 19.0 Å². The number of hydrogen-bond donors (Lipinski definition) is 1. The van der Waals surface area contributed by atoms with E-state index in [2.05, 4.69) is 26.5 Å². The summed E-state index contributed by atoms with van der Waals surface area (Å²) in [6.45, 7) is 0.571. The van der Waals surface area contributed by atoms with Crippen LogP contribution in [-0.4, -0.2) is 18.9 Å². The lowest BCUT2D eigenvalue weighted by atomic mass is 10.2. The third kappa shape index (κ3) is 4.75. The summed E-state index contributed by atoms with van der Waals surface area (Å²) in [6, 6.07) is 20.3. The quantitative estimate of drug-likeness (QED) is 0.440. The van der Waals surface area contributed by atoms with Gasteiger partial charge in [0, 0.05) is 4.47 Å². The molecule has 0 aliphatic carbocycles. The van der Waals surface area contributed by atoms with E-state index in [1.807, 2.05) is 36.4 Å². The first kappa shape index (κ1) is 19.0. The molecule has 0 spiro atoms. The third-order valence-electron chi connectivity index (χ3n) is 4.22. The van der Waals surface area contributed by atoms with Crippen molar-refractivity contribution in [1.29, 1.82) is 0 Å². The second-order valence-electron chi connectivity index (χ2n) is 6.22. The van der Waals surface area contributed by atoms with Gasteiger partial charge in [0.25, 0.3) is 5.91 Å². The van der Waals surface area contributed by atoms with Gasteiger partial charge >= 0.3 is 0 Å². The lowest BCUT2D eigenvalue weighted by Gasteiger charge is -2.10. The molecule has 1 heterocycles. The van der Waals surface area contributed by atoms with Crippen LogP contribution in [0.15, 0.2) is 76.3 Å². The number of benzene rings is 3. The van der Waals surface area contributed by atoms with Crippen molar-refractivity contribution >= 4 is 28.1 Å². The second kappa shape index (κ2) is 8.79. The molecule has 0 saturated carbocycles. The van der Waals surface area contributed by atoms with Gasteiger partial charge in [-0.2, -0.15) is 5.10 Å². The lowest BCUT2D eigenvalue weighted by molar-refractivity contribution is 0.0950. The average molecular weight is 453 g/mol. The van der Waals surface area contributed by atoms with E-state index in [1.165, 1.54) is 0 Å². The van der Waals surface area contributed by atoms with Gasteiger partial charge in [-0.05, 0) is 53.6 Å². The molecule has 4 rings (SSSR count). The monoisotopic (exact) mass is 452 g/mol. The number of nitrogens with zero attached hydrogens (tertiary/aromatic N) is 1. The number of hydrogen-bond acceptors (Lipinski definition) is 5. The van der Waals surface area contributed by atoms with E-state index in [9.17, 15) is 4.79 Å². The molecule has 0 saturated heterocycles. The number of carbonyl (C=O) groups is 1. The van der Waals surface area contributed by atoms with Crippen LogP contribution >= 0.6 is 15.9 Å². The van der Waals surface area contributed by atoms with Gasteiger partial charge in [0.2, 0.25) is 6.79 Å². The van der Waals surface area contributed by atoms with Crippen molar-refractivity contribution in [3.8, 4) is 17.2 Å². The minimum Gasteiger partial charge on any atom is -0.488 e. The highest BCUT2D eigenvalue weighted by Crippen LogP contribution is 2.32. The Bertz CT molecular complexity index is 1050. The first-order valence-corrected chi connectivity index (χ1v) is 9.68. The molecule has 1 amide bonds. The Morgan fingerprint density at radius 1 is 1.07 bits per heavy atom. The smallest absolute Gasteiger partial charge is 0.275 e. The number of ether oxygens (including phenoxy) is 3. The maximum absolute atomic E-state index is 12.5. The number of nitrogens with one attached hydrogen (secondary N) is 1. The molecule has 29 heavy (non-hydrogen) atoms. The summed E-state index contributed by atoms with van der Waals surface area (Å²) in [5.41, 5.74) is 4.73. The van der Waals surface area contributed by atoms with Crippen LogP contribution in [-0.2, 0) is 6.61 Å². The van der Waals surface area contributed by atoms with Crippen molar-refractivity contribution in [3.63, 3.8) is 0 Å². The van der Waals surface area contributed by atoms with Gasteiger partial charge in [-0.1, -0.05) is 40.2 Å². The largest absolute Gasteiger partial charge is 0.488 e. The van der Waals surface area contributed by atoms with E-state index in [0.29, 0.717) is 29.4 Å². The maximum Gasteiger partial charge on any atom is 0.275 e. The van der Waals surface area contributed by atoms with Crippen LogP contribution in [0, 0.1) is 0 Å². The molecule has 3 aromatic carbocycles. The topological polar surface area (TPSA) is 69.2 Å². The Balaban J connectivity index is 1.40. The molecule has 0 fully saturated rings. The Morgan fingerprint density at radius 3 is 2.72 bits per heavy atom. The Kier molecular flexibility index (Phi) is 5.76. The molecule has 3 aromatic rings. The lowest BCUT2D eigenvalue weighted by Crippen LogP contribution is -2.18. The van der Waals surface area contributed by atoms with Crippen LogP contribution in [0.2, 0.25) is 0 Å². The van der Waals surface area contributed by atoms with Gasteiger partial charge in [-0.3, -0.25) is 4.79 Å². The molecule has 0 radical (unpaired) electrons.